The van der Waals surface area contributed by atoms with Gasteiger partial charge in [-0.1, -0.05) is 23.5 Å². The largest absolute Gasteiger partial charge is 0.353 e. The van der Waals surface area contributed by atoms with E-state index in [4.69, 9.17) is 0 Å². The third-order valence-corrected chi connectivity index (χ3v) is 9.13. The summed E-state index contributed by atoms with van der Waals surface area (Å²) in [5.41, 5.74) is 2.19. The van der Waals surface area contributed by atoms with E-state index in [2.05, 4.69) is 20.6 Å². The van der Waals surface area contributed by atoms with Crippen LogP contribution in [0.4, 0.5) is 11.4 Å². The summed E-state index contributed by atoms with van der Waals surface area (Å²) < 4.78 is 3.14. The molecule has 1 aliphatic rings. The standard InChI is InChI=1S/C21H17N5O4S4/c27-18(22-11-1-2-11)9-31-20-24-14-5-3-12(7-16(14)33-20)23-19(28)10-32-21-25-15-6-4-13(26(29)30)8-17(15)34-21/h3-8,11H,1-2,9-10H2,(H,22,27)(H,23,28). The smallest absolute Gasteiger partial charge is 0.270 e. The zero-order valence-corrected chi connectivity index (χ0v) is 20.7. The lowest BCUT2D eigenvalue weighted by atomic mass is 10.3. The highest BCUT2D eigenvalue weighted by Gasteiger charge is 2.23. The number of nitro groups is 1. The molecule has 1 fully saturated rings. The topological polar surface area (TPSA) is 127 Å². The number of hydrogen-bond donors (Lipinski definition) is 2. The second-order valence-corrected chi connectivity index (χ2v) is 12.0. The van der Waals surface area contributed by atoms with Gasteiger partial charge in [0.15, 0.2) is 8.68 Å². The molecular formula is C21H17N5O4S4. The van der Waals surface area contributed by atoms with Gasteiger partial charge in [0.25, 0.3) is 5.69 Å². The number of hydrogen-bond acceptors (Lipinski definition) is 10. The average molecular weight is 532 g/mol. The quantitative estimate of drug-likeness (QED) is 0.177. The molecular weight excluding hydrogens is 515 g/mol. The van der Waals surface area contributed by atoms with E-state index in [1.54, 1.807) is 12.1 Å². The van der Waals surface area contributed by atoms with Crippen molar-refractivity contribution in [3.63, 3.8) is 0 Å². The second kappa shape index (κ2) is 9.86. The molecule has 1 aliphatic carbocycles. The molecule has 0 aliphatic heterocycles. The Bertz CT molecular complexity index is 1410. The van der Waals surface area contributed by atoms with E-state index in [9.17, 15) is 19.7 Å². The van der Waals surface area contributed by atoms with E-state index in [-0.39, 0.29) is 23.3 Å². The summed E-state index contributed by atoms with van der Waals surface area (Å²) in [5, 5.41) is 16.8. The van der Waals surface area contributed by atoms with Gasteiger partial charge in [-0.15, -0.1) is 22.7 Å². The van der Waals surface area contributed by atoms with Crippen molar-refractivity contribution in [1.82, 2.24) is 15.3 Å². The SMILES string of the molecule is O=C(CSc1nc2ccc([N+](=O)[O-])cc2s1)Nc1ccc2nc(SCC(=O)NC3CC3)sc2c1. The van der Waals surface area contributed by atoms with Gasteiger partial charge in [-0.3, -0.25) is 19.7 Å². The van der Waals surface area contributed by atoms with Crippen LogP contribution in [-0.2, 0) is 9.59 Å². The Labute approximate surface area is 209 Å². The Morgan fingerprint density at radius 3 is 2.24 bits per heavy atom. The summed E-state index contributed by atoms with van der Waals surface area (Å²) in [6, 6.07) is 10.4. The van der Waals surface area contributed by atoms with Gasteiger partial charge in [0, 0.05) is 23.9 Å². The number of nitrogens with zero attached hydrogens (tertiary/aromatic N) is 3. The fourth-order valence-electron chi connectivity index (χ4n) is 3.06. The van der Waals surface area contributed by atoms with Crippen molar-refractivity contribution in [3.05, 3.63) is 46.5 Å². The van der Waals surface area contributed by atoms with Crippen molar-refractivity contribution in [2.24, 2.45) is 0 Å². The Morgan fingerprint density at radius 1 is 0.971 bits per heavy atom. The number of non-ortho nitro benzene ring substituents is 1. The van der Waals surface area contributed by atoms with Crippen LogP contribution in [0.3, 0.4) is 0 Å². The monoisotopic (exact) mass is 531 g/mol. The zero-order chi connectivity index (χ0) is 23.7. The molecule has 2 amide bonds. The number of carbonyl (C=O) groups excluding carboxylic acids is 2. The van der Waals surface area contributed by atoms with Gasteiger partial charge < -0.3 is 10.6 Å². The van der Waals surface area contributed by atoms with Crippen LogP contribution in [0.5, 0.6) is 0 Å². The maximum absolute atomic E-state index is 12.5. The van der Waals surface area contributed by atoms with Crippen molar-refractivity contribution >= 4 is 89.8 Å². The lowest BCUT2D eigenvalue weighted by Crippen LogP contribution is -2.26. The highest BCUT2D eigenvalue weighted by Crippen LogP contribution is 2.33. The van der Waals surface area contributed by atoms with Crippen LogP contribution < -0.4 is 10.6 Å². The van der Waals surface area contributed by atoms with Crippen LogP contribution in [0.1, 0.15) is 12.8 Å². The van der Waals surface area contributed by atoms with E-state index in [0.717, 1.165) is 27.4 Å². The molecule has 0 spiro atoms. The third kappa shape index (κ3) is 5.66. The number of anilines is 1. The molecule has 9 nitrogen and oxygen atoms in total. The number of thioether (sulfide) groups is 2. The lowest BCUT2D eigenvalue weighted by molar-refractivity contribution is -0.384. The van der Waals surface area contributed by atoms with Crippen molar-refractivity contribution in [2.45, 2.75) is 27.6 Å². The molecule has 174 valence electrons. The summed E-state index contributed by atoms with van der Waals surface area (Å²) in [6.45, 7) is 0. The Morgan fingerprint density at radius 2 is 1.59 bits per heavy atom. The molecule has 0 atom stereocenters. The predicted molar refractivity (Wildman–Crippen MR) is 137 cm³/mol. The normalized spacial score (nSPS) is 13.3. The van der Waals surface area contributed by atoms with Crippen LogP contribution in [-0.4, -0.2) is 44.3 Å². The lowest BCUT2D eigenvalue weighted by Gasteiger charge is -2.03. The van der Waals surface area contributed by atoms with Gasteiger partial charge in [-0.25, -0.2) is 9.97 Å². The Hall–Kier alpha value is -2.74. The molecule has 1 saturated carbocycles. The van der Waals surface area contributed by atoms with E-state index in [0.29, 0.717) is 32.0 Å². The van der Waals surface area contributed by atoms with Gasteiger partial charge >= 0.3 is 0 Å². The fourth-order valence-corrected chi connectivity index (χ4v) is 6.88. The first-order chi connectivity index (χ1) is 16.4. The van der Waals surface area contributed by atoms with Gasteiger partial charge in [0.1, 0.15) is 0 Å². The first-order valence-corrected chi connectivity index (χ1v) is 13.8. The third-order valence-electron chi connectivity index (χ3n) is 4.81. The maximum Gasteiger partial charge on any atom is 0.270 e. The summed E-state index contributed by atoms with van der Waals surface area (Å²) >= 11 is 5.52. The van der Waals surface area contributed by atoms with E-state index >= 15 is 0 Å². The molecule has 2 heterocycles. The minimum atomic E-state index is -0.438. The molecule has 34 heavy (non-hydrogen) atoms. The number of benzene rings is 2. The number of aromatic nitrogens is 2. The van der Waals surface area contributed by atoms with Gasteiger partial charge in [0.2, 0.25) is 11.8 Å². The number of nitro benzene ring substituents is 1. The summed E-state index contributed by atoms with van der Waals surface area (Å²) in [6.07, 6.45) is 2.13. The van der Waals surface area contributed by atoms with Gasteiger partial charge in [-0.2, -0.15) is 0 Å². The Balaban J connectivity index is 1.16. The first kappa shape index (κ1) is 23.0. The minimum absolute atomic E-state index is 0.0204. The molecule has 2 aromatic carbocycles. The molecule has 13 heteroatoms. The van der Waals surface area contributed by atoms with E-state index in [1.165, 1.54) is 58.3 Å². The van der Waals surface area contributed by atoms with E-state index in [1.807, 2.05) is 12.1 Å². The van der Waals surface area contributed by atoms with Crippen LogP contribution >= 0.6 is 46.2 Å². The number of carbonyl (C=O) groups is 2. The highest BCUT2D eigenvalue weighted by atomic mass is 32.2. The number of thiazole rings is 2. The van der Waals surface area contributed by atoms with Crippen LogP contribution in [0.15, 0.2) is 45.1 Å². The van der Waals surface area contributed by atoms with Crippen molar-refractivity contribution in [3.8, 4) is 0 Å². The molecule has 2 N–H and O–H groups in total. The molecule has 5 rings (SSSR count). The number of rotatable bonds is 9. The summed E-state index contributed by atoms with van der Waals surface area (Å²) in [5.74, 6) is 0.366. The molecule has 0 bridgehead atoms. The summed E-state index contributed by atoms with van der Waals surface area (Å²) in [4.78, 5) is 43.8. The number of fused-ring (bicyclic) bond motifs is 2. The Kier molecular flexibility index (Phi) is 6.68. The van der Waals surface area contributed by atoms with E-state index < -0.39 is 4.92 Å². The molecule has 0 radical (unpaired) electrons. The van der Waals surface area contributed by atoms with Crippen molar-refractivity contribution in [1.29, 1.82) is 0 Å². The van der Waals surface area contributed by atoms with Crippen LogP contribution in [0.2, 0.25) is 0 Å². The summed E-state index contributed by atoms with van der Waals surface area (Å²) in [7, 11) is 0. The number of nitrogens with one attached hydrogen (secondary N) is 2. The minimum Gasteiger partial charge on any atom is -0.353 e. The molecule has 4 aromatic rings. The highest BCUT2D eigenvalue weighted by molar-refractivity contribution is 8.02. The molecule has 0 saturated heterocycles. The molecule has 0 unspecified atom stereocenters. The van der Waals surface area contributed by atoms with Crippen LogP contribution in [0.25, 0.3) is 20.4 Å². The van der Waals surface area contributed by atoms with Gasteiger partial charge in [0.05, 0.1) is 36.9 Å². The zero-order valence-electron chi connectivity index (χ0n) is 17.5. The number of amides is 2. The van der Waals surface area contributed by atoms with Crippen LogP contribution in [0, 0.1) is 10.1 Å². The average Bonchev–Trinajstić information content (AvgIpc) is 3.37. The first-order valence-electron chi connectivity index (χ1n) is 10.2. The van der Waals surface area contributed by atoms with Crippen molar-refractivity contribution < 1.29 is 14.5 Å². The fraction of sp³-hybridized carbons (Fsp3) is 0.238. The molecule has 2 aromatic heterocycles. The predicted octanol–water partition coefficient (Wildman–Crippen LogP) is 4.92. The van der Waals surface area contributed by atoms with Crippen molar-refractivity contribution in [2.75, 3.05) is 16.8 Å². The van der Waals surface area contributed by atoms with Gasteiger partial charge in [-0.05, 0) is 37.1 Å². The maximum atomic E-state index is 12.5. The second-order valence-electron chi connectivity index (χ2n) is 7.52.